The summed E-state index contributed by atoms with van der Waals surface area (Å²) in [6.45, 7) is 2.98. The number of anilines is 1. The van der Waals surface area contributed by atoms with Crippen LogP contribution in [0.1, 0.15) is 24.5 Å². The number of hydrogen-bond acceptors (Lipinski definition) is 4. The topological polar surface area (TPSA) is 50.4 Å². The van der Waals surface area contributed by atoms with Gasteiger partial charge in [-0.25, -0.2) is 0 Å². The molecule has 1 unspecified atom stereocenters. The van der Waals surface area contributed by atoms with Crippen LogP contribution in [0.4, 0.5) is 5.69 Å². The van der Waals surface area contributed by atoms with E-state index in [9.17, 15) is 0 Å². The SMILES string of the molecule is CC1(c2cccc(NCc3ccccc3)c2)CCSC(N)=N1. The van der Waals surface area contributed by atoms with Gasteiger partial charge >= 0.3 is 0 Å². The van der Waals surface area contributed by atoms with E-state index in [4.69, 9.17) is 5.73 Å². The summed E-state index contributed by atoms with van der Waals surface area (Å²) in [5.74, 6) is 1.02. The van der Waals surface area contributed by atoms with Crippen molar-refractivity contribution in [3.8, 4) is 0 Å². The monoisotopic (exact) mass is 311 g/mol. The third-order valence-corrected chi connectivity index (χ3v) is 4.81. The van der Waals surface area contributed by atoms with Crippen molar-refractivity contribution in [1.29, 1.82) is 0 Å². The molecular weight excluding hydrogens is 290 g/mol. The Balaban J connectivity index is 1.77. The fourth-order valence-electron chi connectivity index (χ4n) is 2.66. The average Bonchev–Trinajstić information content (AvgIpc) is 2.54. The van der Waals surface area contributed by atoms with Crippen LogP contribution in [-0.4, -0.2) is 10.9 Å². The van der Waals surface area contributed by atoms with Gasteiger partial charge in [0.05, 0.1) is 5.54 Å². The molecule has 1 aliphatic heterocycles. The highest BCUT2D eigenvalue weighted by Crippen LogP contribution is 2.35. The fourth-order valence-corrected chi connectivity index (χ4v) is 3.63. The quantitative estimate of drug-likeness (QED) is 0.898. The van der Waals surface area contributed by atoms with Gasteiger partial charge in [0.2, 0.25) is 0 Å². The Morgan fingerprint density at radius 1 is 1.18 bits per heavy atom. The first-order chi connectivity index (χ1) is 10.7. The van der Waals surface area contributed by atoms with Crippen LogP contribution in [0.3, 0.4) is 0 Å². The Hall–Kier alpha value is -1.94. The van der Waals surface area contributed by atoms with Gasteiger partial charge in [-0.2, -0.15) is 0 Å². The summed E-state index contributed by atoms with van der Waals surface area (Å²) in [4.78, 5) is 4.67. The highest BCUT2D eigenvalue weighted by atomic mass is 32.2. The predicted molar refractivity (Wildman–Crippen MR) is 96.3 cm³/mol. The van der Waals surface area contributed by atoms with Crippen LogP contribution in [0.25, 0.3) is 0 Å². The molecule has 4 heteroatoms. The molecule has 0 aliphatic carbocycles. The number of nitrogens with one attached hydrogen (secondary N) is 1. The van der Waals surface area contributed by atoms with Crippen LogP contribution in [0.5, 0.6) is 0 Å². The van der Waals surface area contributed by atoms with Crippen LogP contribution in [-0.2, 0) is 12.1 Å². The van der Waals surface area contributed by atoms with Crippen molar-refractivity contribution in [2.45, 2.75) is 25.4 Å². The van der Waals surface area contributed by atoms with Crippen molar-refractivity contribution in [1.82, 2.24) is 0 Å². The summed E-state index contributed by atoms with van der Waals surface area (Å²) in [7, 11) is 0. The Labute approximate surface area is 136 Å². The molecule has 0 fully saturated rings. The smallest absolute Gasteiger partial charge is 0.154 e. The summed E-state index contributed by atoms with van der Waals surface area (Å²) in [5.41, 5.74) is 9.32. The van der Waals surface area contributed by atoms with E-state index in [1.807, 2.05) is 6.07 Å². The van der Waals surface area contributed by atoms with Gasteiger partial charge in [0.25, 0.3) is 0 Å². The van der Waals surface area contributed by atoms with Crippen LogP contribution in [0.2, 0.25) is 0 Å². The van der Waals surface area contributed by atoms with Crippen molar-refractivity contribution in [2.75, 3.05) is 11.1 Å². The van der Waals surface area contributed by atoms with Gasteiger partial charge in [-0.05, 0) is 36.6 Å². The number of nitrogens with two attached hydrogens (primary N) is 1. The van der Waals surface area contributed by atoms with E-state index in [1.165, 1.54) is 11.1 Å². The maximum Gasteiger partial charge on any atom is 0.154 e. The number of hydrogen-bond donors (Lipinski definition) is 2. The molecule has 114 valence electrons. The zero-order valence-electron chi connectivity index (χ0n) is 12.8. The van der Waals surface area contributed by atoms with Crippen molar-refractivity contribution in [2.24, 2.45) is 10.7 Å². The standard InChI is InChI=1S/C18H21N3S/c1-18(10-11-22-17(19)21-18)15-8-5-9-16(12-15)20-13-14-6-3-2-4-7-14/h2-9,12,20H,10-11,13H2,1H3,(H2,19,21). The summed E-state index contributed by atoms with van der Waals surface area (Å²) >= 11 is 1.64. The first kappa shape index (κ1) is 15.0. The highest BCUT2D eigenvalue weighted by molar-refractivity contribution is 8.13. The molecule has 0 bridgehead atoms. The van der Waals surface area contributed by atoms with Crippen LogP contribution >= 0.6 is 11.8 Å². The Kier molecular flexibility index (Phi) is 4.39. The number of rotatable bonds is 4. The van der Waals surface area contributed by atoms with Gasteiger partial charge in [0.1, 0.15) is 0 Å². The molecule has 2 aromatic carbocycles. The van der Waals surface area contributed by atoms with Gasteiger partial charge in [-0.3, -0.25) is 4.99 Å². The molecule has 22 heavy (non-hydrogen) atoms. The third-order valence-electron chi connectivity index (χ3n) is 4.02. The second-order valence-electron chi connectivity index (χ2n) is 5.74. The van der Waals surface area contributed by atoms with Gasteiger partial charge < -0.3 is 11.1 Å². The van der Waals surface area contributed by atoms with E-state index in [2.05, 4.69) is 65.8 Å². The van der Waals surface area contributed by atoms with E-state index >= 15 is 0 Å². The number of aliphatic imine (C=N–C) groups is 1. The second kappa shape index (κ2) is 6.44. The summed E-state index contributed by atoms with van der Waals surface area (Å²) in [6.07, 6.45) is 1.01. The molecule has 3 N–H and O–H groups in total. The third kappa shape index (κ3) is 3.45. The molecule has 0 radical (unpaired) electrons. The first-order valence-electron chi connectivity index (χ1n) is 7.52. The second-order valence-corrected chi connectivity index (χ2v) is 6.86. The molecule has 0 saturated heterocycles. The summed E-state index contributed by atoms with van der Waals surface area (Å²) in [6, 6.07) is 18.9. The Morgan fingerprint density at radius 2 is 2.00 bits per heavy atom. The van der Waals surface area contributed by atoms with Crippen LogP contribution < -0.4 is 11.1 Å². The van der Waals surface area contributed by atoms with Crippen molar-refractivity contribution < 1.29 is 0 Å². The lowest BCUT2D eigenvalue weighted by Crippen LogP contribution is -2.28. The minimum atomic E-state index is -0.209. The average molecular weight is 311 g/mol. The molecule has 0 aromatic heterocycles. The predicted octanol–water partition coefficient (Wildman–Crippen LogP) is 3.97. The Morgan fingerprint density at radius 3 is 2.77 bits per heavy atom. The molecule has 2 aromatic rings. The van der Waals surface area contributed by atoms with Gasteiger partial charge in [-0.15, -0.1) is 0 Å². The maximum atomic E-state index is 5.92. The molecule has 0 spiro atoms. The minimum Gasteiger partial charge on any atom is -0.381 e. The normalized spacial score (nSPS) is 21.2. The van der Waals surface area contributed by atoms with Crippen LogP contribution in [0.15, 0.2) is 59.6 Å². The Bertz CT molecular complexity index is 669. The lowest BCUT2D eigenvalue weighted by molar-refractivity contribution is 0.482. The number of amidine groups is 1. The van der Waals surface area contributed by atoms with Crippen molar-refractivity contribution in [3.05, 3.63) is 65.7 Å². The van der Waals surface area contributed by atoms with E-state index in [0.29, 0.717) is 5.17 Å². The lowest BCUT2D eigenvalue weighted by Gasteiger charge is -2.30. The van der Waals surface area contributed by atoms with Crippen molar-refractivity contribution in [3.63, 3.8) is 0 Å². The van der Waals surface area contributed by atoms with E-state index in [0.717, 1.165) is 24.4 Å². The van der Waals surface area contributed by atoms with Gasteiger partial charge in [0.15, 0.2) is 5.17 Å². The molecule has 1 atom stereocenters. The van der Waals surface area contributed by atoms with E-state index < -0.39 is 0 Å². The lowest BCUT2D eigenvalue weighted by atomic mass is 9.89. The van der Waals surface area contributed by atoms with Crippen LogP contribution in [0, 0.1) is 0 Å². The summed E-state index contributed by atoms with van der Waals surface area (Å²) < 4.78 is 0. The van der Waals surface area contributed by atoms with E-state index in [1.54, 1.807) is 11.8 Å². The first-order valence-corrected chi connectivity index (χ1v) is 8.51. The number of benzene rings is 2. The minimum absolute atomic E-state index is 0.209. The van der Waals surface area contributed by atoms with E-state index in [-0.39, 0.29) is 5.54 Å². The molecule has 3 rings (SSSR count). The zero-order valence-corrected chi connectivity index (χ0v) is 13.6. The van der Waals surface area contributed by atoms with Gasteiger partial charge in [0, 0.05) is 18.0 Å². The maximum absolute atomic E-state index is 5.92. The van der Waals surface area contributed by atoms with Gasteiger partial charge in [-0.1, -0.05) is 54.2 Å². The highest BCUT2D eigenvalue weighted by Gasteiger charge is 2.29. The molecule has 1 aliphatic rings. The number of thioether (sulfide) groups is 1. The van der Waals surface area contributed by atoms with Crippen molar-refractivity contribution >= 4 is 22.6 Å². The largest absolute Gasteiger partial charge is 0.381 e. The molecule has 3 nitrogen and oxygen atoms in total. The molecule has 0 saturated carbocycles. The molecular formula is C18H21N3S. The molecule has 0 amide bonds. The zero-order chi connectivity index (χ0) is 15.4. The fraction of sp³-hybridized carbons (Fsp3) is 0.278. The number of nitrogens with zero attached hydrogens (tertiary/aromatic N) is 1. The summed E-state index contributed by atoms with van der Waals surface area (Å²) in [5, 5.41) is 4.18. The molecule has 1 heterocycles.